The molecule has 5 nitrogen and oxygen atoms in total. The molecule has 1 amide bonds. The monoisotopic (exact) mass is 528 g/mol. The molecule has 0 aromatic heterocycles. The van der Waals surface area contributed by atoms with E-state index in [1.165, 1.54) is 0 Å². The number of rotatable bonds is 7. The number of benzene rings is 3. The molecule has 0 aliphatic carbocycles. The highest BCUT2D eigenvalue weighted by Gasteiger charge is 2.13. The van der Waals surface area contributed by atoms with Crippen molar-refractivity contribution in [1.82, 2.24) is 0 Å². The maximum Gasteiger partial charge on any atom is 0.262 e. The number of hydrogen-bond donors (Lipinski definition) is 1. The Morgan fingerprint density at radius 3 is 2.58 bits per heavy atom. The fourth-order valence-corrected chi connectivity index (χ4v) is 3.80. The lowest BCUT2D eigenvalue weighted by Gasteiger charge is -2.13. The van der Waals surface area contributed by atoms with Crippen molar-refractivity contribution in [3.05, 3.63) is 80.4 Å². The van der Waals surface area contributed by atoms with Gasteiger partial charge in [0.2, 0.25) is 0 Å². The number of hydrogen-bond acceptors (Lipinski definition) is 4. The third kappa shape index (κ3) is 6.30. The van der Waals surface area contributed by atoms with Crippen LogP contribution in [0.2, 0.25) is 0 Å². The zero-order valence-electron chi connectivity index (χ0n) is 18.0. The molecule has 0 heterocycles. The second kappa shape index (κ2) is 10.4. The van der Waals surface area contributed by atoms with E-state index in [2.05, 4.69) is 51.1 Å². The molecule has 0 spiro atoms. The van der Waals surface area contributed by atoms with E-state index in [9.17, 15) is 4.79 Å². The molecule has 3 aromatic rings. The smallest absolute Gasteiger partial charge is 0.262 e. The summed E-state index contributed by atoms with van der Waals surface area (Å²) in [5.41, 5.74) is 5.92. The van der Waals surface area contributed by atoms with Gasteiger partial charge in [0.25, 0.3) is 5.91 Å². The van der Waals surface area contributed by atoms with Gasteiger partial charge in [-0.05, 0) is 95.9 Å². The van der Waals surface area contributed by atoms with Gasteiger partial charge in [-0.2, -0.15) is 0 Å². The van der Waals surface area contributed by atoms with Crippen LogP contribution in [0.4, 0.5) is 11.4 Å². The molecule has 0 bridgehead atoms. The first-order chi connectivity index (χ1) is 14.9. The average molecular weight is 528 g/mol. The second-order valence-corrected chi connectivity index (χ2v) is 8.45. The van der Waals surface area contributed by atoms with Gasteiger partial charge in [-0.3, -0.25) is 9.79 Å². The summed E-state index contributed by atoms with van der Waals surface area (Å²) in [7, 11) is 1.58. The van der Waals surface area contributed by atoms with Gasteiger partial charge in [0.15, 0.2) is 18.1 Å². The first-order valence-electron chi connectivity index (χ1n) is 9.84. The highest BCUT2D eigenvalue weighted by molar-refractivity contribution is 14.1. The lowest BCUT2D eigenvalue weighted by molar-refractivity contribution is -0.118. The Labute approximate surface area is 196 Å². The summed E-state index contributed by atoms with van der Waals surface area (Å²) in [6.07, 6.45) is 1.81. The molecule has 0 saturated carbocycles. The minimum atomic E-state index is -0.232. The molecular weight excluding hydrogens is 503 g/mol. The third-order valence-corrected chi connectivity index (χ3v) is 5.42. The van der Waals surface area contributed by atoms with Crippen molar-refractivity contribution < 1.29 is 14.3 Å². The summed E-state index contributed by atoms with van der Waals surface area (Å²) in [5.74, 6) is 0.855. The zero-order valence-corrected chi connectivity index (χ0v) is 20.2. The minimum Gasteiger partial charge on any atom is -0.493 e. The van der Waals surface area contributed by atoms with Crippen molar-refractivity contribution in [3.63, 3.8) is 0 Å². The fourth-order valence-electron chi connectivity index (χ4n) is 3.01. The van der Waals surface area contributed by atoms with E-state index in [-0.39, 0.29) is 12.5 Å². The lowest BCUT2D eigenvalue weighted by Crippen LogP contribution is -2.20. The number of nitrogens with zero attached hydrogens (tertiary/aromatic N) is 1. The van der Waals surface area contributed by atoms with Crippen molar-refractivity contribution in [2.45, 2.75) is 20.8 Å². The molecule has 31 heavy (non-hydrogen) atoms. The number of carbonyl (C=O) groups is 1. The topological polar surface area (TPSA) is 59.9 Å². The van der Waals surface area contributed by atoms with E-state index < -0.39 is 0 Å². The molecular formula is C25H25IN2O3. The Bertz CT molecular complexity index is 1130. The number of aliphatic imine (C=N–C) groups is 1. The van der Waals surface area contributed by atoms with Crippen molar-refractivity contribution in [2.75, 3.05) is 19.0 Å². The predicted octanol–water partition coefficient (Wildman–Crippen LogP) is 5.99. The van der Waals surface area contributed by atoms with Crippen LogP contribution in [0.1, 0.15) is 22.3 Å². The largest absolute Gasteiger partial charge is 0.493 e. The number of anilines is 1. The second-order valence-electron chi connectivity index (χ2n) is 7.29. The molecule has 3 aromatic carbocycles. The number of ether oxygens (including phenoxy) is 2. The predicted molar refractivity (Wildman–Crippen MR) is 134 cm³/mol. The van der Waals surface area contributed by atoms with Gasteiger partial charge < -0.3 is 14.8 Å². The van der Waals surface area contributed by atoms with Gasteiger partial charge in [-0.15, -0.1) is 0 Å². The van der Waals surface area contributed by atoms with Crippen molar-refractivity contribution in [3.8, 4) is 11.5 Å². The molecule has 0 atom stereocenters. The van der Waals surface area contributed by atoms with E-state index in [1.807, 2.05) is 57.2 Å². The van der Waals surface area contributed by atoms with Gasteiger partial charge in [0, 0.05) is 11.9 Å². The van der Waals surface area contributed by atoms with Gasteiger partial charge in [0.1, 0.15) is 0 Å². The first kappa shape index (κ1) is 22.8. The Kier molecular flexibility index (Phi) is 7.68. The lowest BCUT2D eigenvalue weighted by atomic mass is 10.1. The molecule has 0 aliphatic heterocycles. The van der Waals surface area contributed by atoms with Crippen LogP contribution in [0.3, 0.4) is 0 Å². The van der Waals surface area contributed by atoms with Crippen LogP contribution in [0.5, 0.6) is 11.5 Å². The van der Waals surface area contributed by atoms with Crippen LogP contribution in [-0.2, 0) is 4.79 Å². The van der Waals surface area contributed by atoms with Crippen LogP contribution in [0.15, 0.2) is 59.6 Å². The number of nitrogens with one attached hydrogen (secondary N) is 1. The van der Waals surface area contributed by atoms with Gasteiger partial charge in [-0.25, -0.2) is 0 Å². The van der Waals surface area contributed by atoms with E-state index in [1.54, 1.807) is 13.3 Å². The number of amides is 1. The van der Waals surface area contributed by atoms with Gasteiger partial charge in [-0.1, -0.05) is 24.3 Å². The van der Waals surface area contributed by atoms with Crippen LogP contribution >= 0.6 is 22.6 Å². The van der Waals surface area contributed by atoms with Crippen LogP contribution < -0.4 is 14.8 Å². The molecule has 0 radical (unpaired) electrons. The molecule has 1 N–H and O–H groups in total. The van der Waals surface area contributed by atoms with E-state index in [0.29, 0.717) is 11.5 Å². The Morgan fingerprint density at radius 1 is 1.06 bits per heavy atom. The van der Waals surface area contributed by atoms with Crippen LogP contribution in [0, 0.1) is 24.3 Å². The first-order valence-corrected chi connectivity index (χ1v) is 10.9. The molecule has 0 unspecified atom stereocenters. The average Bonchev–Trinajstić information content (AvgIpc) is 2.73. The number of aryl methyl sites for hydroxylation is 3. The highest BCUT2D eigenvalue weighted by atomic mass is 127. The standard InChI is InChI=1S/C25H25IN2O3/c1-16-6-5-7-20(10-16)28-24(29)15-31-25-21(26)12-19(13-23(25)30-4)14-27-22-11-17(2)8-9-18(22)3/h5-14H,15H2,1-4H3,(H,28,29). The van der Waals surface area contributed by atoms with Crippen LogP contribution in [0.25, 0.3) is 0 Å². The molecule has 0 fully saturated rings. The highest BCUT2D eigenvalue weighted by Crippen LogP contribution is 2.34. The fraction of sp³-hybridized carbons (Fsp3) is 0.200. The molecule has 160 valence electrons. The van der Waals surface area contributed by atoms with E-state index in [0.717, 1.165) is 37.2 Å². The normalized spacial score (nSPS) is 10.9. The third-order valence-electron chi connectivity index (χ3n) is 4.62. The SMILES string of the molecule is COc1cc(C=Nc2cc(C)ccc2C)cc(I)c1OCC(=O)Nc1cccc(C)c1. The minimum absolute atomic E-state index is 0.115. The van der Waals surface area contributed by atoms with E-state index in [4.69, 9.17) is 9.47 Å². The zero-order chi connectivity index (χ0) is 22.4. The summed E-state index contributed by atoms with van der Waals surface area (Å²) in [5, 5.41) is 2.84. The Morgan fingerprint density at radius 2 is 1.84 bits per heavy atom. The number of carbonyl (C=O) groups excluding carboxylic acids is 1. The van der Waals surface area contributed by atoms with Crippen molar-refractivity contribution in [1.29, 1.82) is 0 Å². The molecule has 0 saturated heterocycles. The summed E-state index contributed by atoms with van der Waals surface area (Å²) in [4.78, 5) is 16.9. The van der Waals surface area contributed by atoms with E-state index >= 15 is 0 Å². The molecule has 0 aliphatic rings. The molecule has 6 heteroatoms. The van der Waals surface area contributed by atoms with Gasteiger partial charge in [0.05, 0.1) is 16.4 Å². The Balaban J connectivity index is 1.72. The number of methoxy groups -OCH3 is 1. The van der Waals surface area contributed by atoms with Crippen molar-refractivity contribution >= 4 is 46.1 Å². The van der Waals surface area contributed by atoms with Crippen LogP contribution in [-0.4, -0.2) is 25.8 Å². The maximum atomic E-state index is 12.3. The maximum absolute atomic E-state index is 12.3. The summed E-state index contributed by atoms with van der Waals surface area (Å²) < 4.78 is 12.1. The molecule has 3 rings (SSSR count). The summed E-state index contributed by atoms with van der Waals surface area (Å²) in [6, 6.07) is 17.6. The van der Waals surface area contributed by atoms with Crippen molar-refractivity contribution in [2.24, 2.45) is 4.99 Å². The summed E-state index contributed by atoms with van der Waals surface area (Å²) in [6.45, 7) is 5.95. The Hall–Kier alpha value is -2.87. The number of halogens is 1. The summed E-state index contributed by atoms with van der Waals surface area (Å²) >= 11 is 2.18. The quantitative estimate of drug-likeness (QED) is 0.303. The van der Waals surface area contributed by atoms with Gasteiger partial charge >= 0.3 is 0 Å².